The summed E-state index contributed by atoms with van der Waals surface area (Å²) < 4.78 is 6.56. The van der Waals surface area contributed by atoms with Crippen molar-refractivity contribution in [1.82, 2.24) is 0 Å². The normalized spacial score (nSPS) is 14.7. The Balaban J connectivity index is 1.11. The zero-order valence-electron chi connectivity index (χ0n) is 33.0. The SMILES string of the molecule is C[SiH]1c2ccccc2C2(c3ccccc3Sc3ccccc32)c2cccc(N(c3ccc(-c4ccc(-c5ccccc5)cc4)cc3)c3cccc4oc5ccccc5c34)c21. The molecule has 0 bridgehead atoms. The van der Waals surface area contributed by atoms with Gasteiger partial charge in [-0.2, -0.15) is 0 Å². The molecular formula is C56H39NOSSi. The second-order valence-corrected chi connectivity index (χ2v) is 19.7. The Hall–Kier alpha value is -6.85. The number of para-hydroxylation sites is 1. The third-order valence-electron chi connectivity index (χ3n) is 12.9. The lowest BCUT2D eigenvalue weighted by Gasteiger charge is -2.48. The Morgan fingerprint density at radius 2 is 0.950 bits per heavy atom. The number of hydrogen-bond donors (Lipinski definition) is 0. The van der Waals surface area contributed by atoms with E-state index in [9.17, 15) is 0 Å². The molecule has 1 unspecified atom stereocenters. The van der Waals surface area contributed by atoms with Crippen molar-refractivity contribution in [3.8, 4) is 22.3 Å². The fourth-order valence-electron chi connectivity index (χ4n) is 10.3. The van der Waals surface area contributed by atoms with Crippen molar-refractivity contribution in [2.75, 3.05) is 4.90 Å². The molecule has 3 heterocycles. The highest BCUT2D eigenvalue weighted by molar-refractivity contribution is 7.99. The number of hydrogen-bond acceptors (Lipinski definition) is 3. The average molecular weight is 802 g/mol. The highest BCUT2D eigenvalue weighted by Gasteiger charge is 2.50. The first-order valence-electron chi connectivity index (χ1n) is 20.7. The largest absolute Gasteiger partial charge is 0.456 e. The molecule has 284 valence electrons. The van der Waals surface area contributed by atoms with Crippen molar-refractivity contribution >= 4 is 69.9 Å². The second kappa shape index (κ2) is 13.9. The van der Waals surface area contributed by atoms with E-state index in [0.29, 0.717) is 0 Å². The third-order valence-corrected chi connectivity index (χ3v) is 16.9. The Kier molecular flexibility index (Phi) is 8.12. The van der Waals surface area contributed by atoms with Gasteiger partial charge in [0, 0.05) is 26.6 Å². The van der Waals surface area contributed by atoms with Crippen molar-refractivity contribution in [3.05, 3.63) is 235 Å². The first kappa shape index (κ1) is 35.1. The summed E-state index contributed by atoms with van der Waals surface area (Å²) in [6.07, 6.45) is 0. The lowest BCUT2D eigenvalue weighted by Crippen LogP contribution is -2.56. The van der Waals surface area contributed by atoms with Gasteiger partial charge in [-0.1, -0.05) is 187 Å². The zero-order valence-corrected chi connectivity index (χ0v) is 35.0. The number of anilines is 3. The maximum absolute atomic E-state index is 6.56. The second-order valence-electron chi connectivity index (χ2n) is 16.0. The van der Waals surface area contributed by atoms with Crippen LogP contribution in [-0.2, 0) is 5.41 Å². The highest BCUT2D eigenvalue weighted by Crippen LogP contribution is 2.57. The van der Waals surface area contributed by atoms with Gasteiger partial charge >= 0.3 is 0 Å². The van der Waals surface area contributed by atoms with Crippen LogP contribution in [0.25, 0.3) is 44.2 Å². The van der Waals surface area contributed by atoms with Crippen molar-refractivity contribution in [2.45, 2.75) is 21.8 Å². The highest BCUT2D eigenvalue weighted by atomic mass is 32.2. The van der Waals surface area contributed by atoms with Gasteiger partial charge in [0.2, 0.25) is 0 Å². The van der Waals surface area contributed by atoms with E-state index < -0.39 is 14.2 Å². The van der Waals surface area contributed by atoms with Gasteiger partial charge in [-0.25, -0.2) is 0 Å². The van der Waals surface area contributed by atoms with Crippen LogP contribution in [0.3, 0.4) is 0 Å². The van der Waals surface area contributed by atoms with Gasteiger partial charge in [0.25, 0.3) is 0 Å². The molecule has 10 aromatic rings. The fraction of sp³-hybridized carbons (Fsp3) is 0.0357. The number of furan rings is 1. The number of fused-ring (bicyclic) bond motifs is 11. The van der Waals surface area contributed by atoms with Gasteiger partial charge in [-0.3, -0.25) is 0 Å². The molecule has 2 aliphatic rings. The van der Waals surface area contributed by atoms with Crippen LogP contribution in [0.2, 0.25) is 6.55 Å². The van der Waals surface area contributed by atoms with Crippen LogP contribution in [0.4, 0.5) is 17.1 Å². The lowest BCUT2D eigenvalue weighted by atomic mass is 9.64. The maximum Gasteiger partial charge on any atom is 0.137 e. The summed E-state index contributed by atoms with van der Waals surface area (Å²) in [5.74, 6) is 0. The Morgan fingerprint density at radius 3 is 1.67 bits per heavy atom. The fourth-order valence-corrected chi connectivity index (χ4v) is 14.4. The average Bonchev–Trinajstić information content (AvgIpc) is 3.71. The van der Waals surface area contributed by atoms with E-state index in [4.69, 9.17) is 4.42 Å². The molecule has 2 nitrogen and oxygen atoms in total. The minimum absolute atomic E-state index is 0.477. The van der Waals surface area contributed by atoms with Crippen molar-refractivity contribution < 1.29 is 4.42 Å². The van der Waals surface area contributed by atoms with Crippen LogP contribution in [0, 0.1) is 0 Å². The quantitative estimate of drug-likeness (QED) is 0.161. The molecule has 9 aromatic carbocycles. The molecule has 1 aromatic heterocycles. The van der Waals surface area contributed by atoms with Gasteiger partial charge in [-0.05, 0) is 98.2 Å². The van der Waals surface area contributed by atoms with E-state index >= 15 is 0 Å². The Morgan fingerprint density at radius 1 is 0.433 bits per heavy atom. The topological polar surface area (TPSA) is 16.4 Å². The minimum atomic E-state index is -1.82. The van der Waals surface area contributed by atoms with Gasteiger partial charge in [0.1, 0.15) is 20.0 Å². The molecule has 0 fully saturated rings. The molecule has 1 spiro atoms. The first-order chi connectivity index (χ1) is 29.7. The van der Waals surface area contributed by atoms with E-state index in [1.54, 1.807) is 0 Å². The van der Waals surface area contributed by atoms with Crippen molar-refractivity contribution in [2.24, 2.45) is 0 Å². The van der Waals surface area contributed by atoms with Crippen LogP contribution >= 0.6 is 11.8 Å². The molecule has 0 N–H and O–H groups in total. The Bertz CT molecular complexity index is 3220. The summed E-state index contributed by atoms with van der Waals surface area (Å²) in [7, 11) is -1.82. The number of rotatable bonds is 5. The van der Waals surface area contributed by atoms with E-state index in [2.05, 4.69) is 224 Å². The molecule has 2 aliphatic heterocycles. The zero-order chi connectivity index (χ0) is 39.8. The van der Waals surface area contributed by atoms with Gasteiger partial charge in [0.05, 0.1) is 16.5 Å². The third kappa shape index (κ3) is 5.21. The first-order valence-corrected chi connectivity index (χ1v) is 23.9. The molecule has 0 amide bonds. The van der Waals surface area contributed by atoms with E-state index in [1.807, 2.05) is 11.8 Å². The van der Waals surface area contributed by atoms with Crippen LogP contribution in [-0.4, -0.2) is 8.80 Å². The minimum Gasteiger partial charge on any atom is -0.456 e. The van der Waals surface area contributed by atoms with E-state index in [1.165, 1.54) is 70.4 Å². The maximum atomic E-state index is 6.56. The molecular weight excluding hydrogens is 763 g/mol. The summed E-state index contributed by atoms with van der Waals surface area (Å²) in [4.78, 5) is 5.17. The molecule has 60 heavy (non-hydrogen) atoms. The smallest absolute Gasteiger partial charge is 0.137 e. The monoisotopic (exact) mass is 801 g/mol. The van der Waals surface area contributed by atoms with Crippen LogP contribution in [0.15, 0.2) is 227 Å². The van der Waals surface area contributed by atoms with Gasteiger partial charge in [0.15, 0.2) is 0 Å². The molecule has 0 aliphatic carbocycles. The van der Waals surface area contributed by atoms with Crippen molar-refractivity contribution in [1.29, 1.82) is 0 Å². The predicted octanol–water partition coefficient (Wildman–Crippen LogP) is 13.5. The predicted molar refractivity (Wildman–Crippen MR) is 254 cm³/mol. The summed E-state index contributed by atoms with van der Waals surface area (Å²) in [6, 6.07) is 78.4. The molecule has 1 atom stereocenters. The standard InChI is InChI=1S/C56H39NOSSi/c1-60-53-28-12-8-20-45(53)56(43-18-6-10-26-51(43)59-52-27-11-7-19-44(52)56)46-21-13-23-48(55(46)60)57(47-22-14-25-50-54(47)42-17-5-9-24-49(42)58-50)41-35-33-40(34-36-41)39-31-29-38(30-32-39)37-15-3-2-4-16-37/h2-36,60H,1H3. The molecule has 4 heteroatoms. The van der Waals surface area contributed by atoms with Crippen LogP contribution < -0.4 is 15.3 Å². The van der Waals surface area contributed by atoms with Crippen molar-refractivity contribution in [3.63, 3.8) is 0 Å². The lowest BCUT2D eigenvalue weighted by molar-refractivity contribution is 0.669. The number of nitrogens with zero attached hydrogens (tertiary/aromatic N) is 1. The Labute approximate surface area is 356 Å². The summed E-state index contributed by atoms with van der Waals surface area (Å²) >= 11 is 1.90. The molecule has 0 saturated carbocycles. The van der Waals surface area contributed by atoms with Crippen LogP contribution in [0.5, 0.6) is 0 Å². The van der Waals surface area contributed by atoms with E-state index in [-0.39, 0.29) is 0 Å². The summed E-state index contributed by atoms with van der Waals surface area (Å²) in [5, 5.41) is 5.21. The molecule has 0 saturated heterocycles. The number of benzene rings is 9. The van der Waals surface area contributed by atoms with E-state index in [0.717, 1.165) is 33.3 Å². The summed E-state index contributed by atoms with van der Waals surface area (Å²) in [5.41, 5.74) is 15.1. The van der Waals surface area contributed by atoms with Crippen LogP contribution in [0.1, 0.15) is 22.3 Å². The summed E-state index contributed by atoms with van der Waals surface area (Å²) in [6.45, 7) is 2.54. The molecule has 0 radical (unpaired) electrons. The molecule has 12 rings (SSSR count). The van der Waals surface area contributed by atoms with Gasteiger partial charge < -0.3 is 9.32 Å². The van der Waals surface area contributed by atoms with Gasteiger partial charge in [-0.15, -0.1) is 0 Å².